The summed E-state index contributed by atoms with van der Waals surface area (Å²) in [5, 5.41) is 3.32. The van der Waals surface area contributed by atoms with Gasteiger partial charge in [-0.15, -0.1) is 0 Å². The number of benzene rings is 2. The summed E-state index contributed by atoms with van der Waals surface area (Å²) in [6.45, 7) is 0. The second-order valence-electron chi connectivity index (χ2n) is 4.55. The second kappa shape index (κ2) is 6.81. The molecule has 0 bridgehead atoms. The van der Waals surface area contributed by atoms with Crippen LogP contribution >= 0.6 is 27.5 Å². The molecule has 2 aromatic carbocycles. The van der Waals surface area contributed by atoms with E-state index >= 15 is 0 Å². The zero-order valence-corrected chi connectivity index (χ0v) is 13.4. The van der Waals surface area contributed by atoms with E-state index in [0.29, 0.717) is 22.6 Å². The highest BCUT2D eigenvalue weighted by atomic mass is 79.9. The molecule has 1 nitrogen and oxygen atoms in total. The van der Waals surface area contributed by atoms with Crippen LogP contribution in [0.25, 0.3) is 0 Å². The van der Waals surface area contributed by atoms with Gasteiger partial charge in [0.15, 0.2) is 11.6 Å². The van der Waals surface area contributed by atoms with Crippen LogP contribution in [0.3, 0.4) is 0 Å². The number of hydrogen-bond acceptors (Lipinski definition) is 1. The van der Waals surface area contributed by atoms with Gasteiger partial charge in [0, 0.05) is 11.1 Å². The molecule has 2 aromatic rings. The fraction of sp³-hybridized carbons (Fsp3) is 0.200. The van der Waals surface area contributed by atoms with Gasteiger partial charge in [-0.3, -0.25) is 0 Å². The lowest BCUT2D eigenvalue weighted by Crippen LogP contribution is -2.20. The average Bonchev–Trinajstić information content (AvgIpc) is 2.45. The van der Waals surface area contributed by atoms with Crippen LogP contribution in [0.1, 0.15) is 17.2 Å². The molecule has 0 aliphatic carbocycles. The molecule has 0 fully saturated rings. The van der Waals surface area contributed by atoms with Gasteiger partial charge in [-0.05, 0) is 58.7 Å². The van der Waals surface area contributed by atoms with Gasteiger partial charge in [-0.1, -0.05) is 23.7 Å². The van der Waals surface area contributed by atoms with Gasteiger partial charge in [-0.2, -0.15) is 0 Å². The summed E-state index contributed by atoms with van der Waals surface area (Å²) in [6, 6.07) is 6.40. The van der Waals surface area contributed by atoms with E-state index in [1.54, 1.807) is 13.1 Å². The summed E-state index contributed by atoms with van der Waals surface area (Å²) in [4.78, 5) is 0. The Kier molecular flexibility index (Phi) is 5.30. The lowest BCUT2D eigenvalue weighted by Gasteiger charge is -2.19. The van der Waals surface area contributed by atoms with Crippen LogP contribution in [0, 0.1) is 17.5 Å². The van der Waals surface area contributed by atoms with Crippen LogP contribution in [-0.4, -0.2) is 7.05 Å². The molecule has 0 aliphatic heterocycles. The molecule has 1 N–H and O–H groups in total. The van der Waals surface area contributed by atoms with Crippen LogP contribution in [0.2, 0.25) is 5.02 Å². The van der Waals surface area contributed by atoms with Gasteiger partial charge in [0.25, 0.3) is 0 Å². The Hall–Kier alpha value is -1.04. The van der Waals surface area contributed by atoms with Crippen molar-refractivity contribution in [2.24, 2.45) is 0 Å². The Labute approximate surface area is 134 Å². The Morgan fingerprint density at radius 2 is 1.90 bits per heavy atom. The minimum absolute atomic E-state index is 0.0695. The molecule has 2 rings (SSSR count). The molecule has 112 valence electrons. The smallest absolute Gasteiger partial charge is 0.173 e. The molecule has 0 radical (unpaired) electrons. The average molecular weight is 379 g/mol. The topological polar surface area (TPSA) is 12.0 Å². The minimum Gasteiger partial charge on any atom is -0.313 e. The van der Waals surface area contributed by atoms with Crippen molar-refractivity contribution in [3.63, 3.8) is 0 Å². The normalized spacial score (nSPS) is 12.5. The molecule has 1 atom stereocenters. The van der Waals surface area contributed by atoms with E-state index < -0.39 is 17.5 Å². The quantitative estimate of drug-likeness (QED) is 0.736. The van der Waals surface area contributed by atoms with Crippen LogP contribution in [0.5, 0.6) is 0 Å². The molecule has 0 saturated heterocycles. The Morgan fingerprint density at radius 3 is 2.52 bits per heavy atom. The van der Waals surface area contributed by atoms with Crippen molar-refractivity contribution in [2.75, 3.05) is 7.05 Å². The molecule has 6 heteroatoms. The molecule has 1 unspecified atom stereocenters. The maximum absolute atomic E-state index is 13.6. The lowest BCUT2D eigenvalue weighted by molar-refractivity contribution is 0.495. The summed E-state index contributed by atoms with van der Waals surface area (Å²) in [5.74, 6) is -2.27. The molecule has 0 aromatic heterocycles. The molecule has 0 saturated carbocycles. The fourth-order valence-corrected chi connectivity index (χ4v) is 2.93. The lowest BCUT2D eigenvalue weighted by atomic mass is 9.98. The molecule has 0 heterocycles. The maximum Gasteiger partial charge on any atom is 0.173 e. The monoisotopic (exact) mass is 377 g/mol. The molecule has 0 spiro atoms. The van der Waals surface area contributed by atoms with E-state index in [0.717, 1.165) is 6.07 Å². The summed E-state index contributed by atoms with van der Waals surface area (Å²) in [7, 11) is 1.70. The van der Waals surface area contributed by atoms with E-state index in [2.05, 4.69) is 21.2 Å². The Balaban J connectivity index is 2.34. The van der Waals surface area contributed by atoms with Crippen molar-refractivity contribution in [3.8, 4) is 0 Å². The van der Waals surface area contributed by atoms with E-state index in [9.17, 15) is 13.2 Å². The zero-order valence-electron chi connectivity index (χ0n) is 11.1. The van der Waals surface area contributed by atoms with E-state index in [-0.39, 0.29) is 10.5 Å². The number of nitrogens with one attached hydrogen (secondary N) is 1. The van der Waals surface area contributed by atoms with Gasteiger partial charge in [-0.25, -0.2) is 13.2 Å². The van der Waals surface area contributed by atoms with Crippen LogP contribution in [0.4, 0.5) is 13.2 Å². The van der Waals surface area contributed by atoms with Crippen molar-refractivity contribution < 1.29 is 13.2 Å². The van der Waals surface area contributed by atoms with Gasteiger partial charge in [0.05, 0.1) is 4.47 Å². The highest BCUT2D eigenvalue weighted by Gasteiger charge is 2.19. The fourth-order valence-electron chi connectivity index (χ4n) is 2.08. The van der Waals surface area contributed by atoms with Crippen LogP contribution in [-0.2, 0) is 6.42 Å². The van der Waals surface area contributed by atoms with Crippen molar-refractivity contribution in [2.45, 2.75) is 12.5 Å². The third-order valence-corrected chi connectivity index (χ3v) is 4.39. The third-order valence-electron chi connectivity index (χ3n) is 3.23. The third kappa shape index (κ3) is 3.59. The van der Waals surface area contributed by atoms with Gasteiger partial charge < -0.3 is 5.32 Å². The number of halogens is 5. The molecular formula is C15H12BrClF3N. The first-order valence-electron chi connectivity index (χ1n) is 6.18. The standard InChI is InChI=1S/C15H12BrClF3N/c1-21-13(6-8-2-3-9(18)7-11(8)17)10-4-5-12(19)15(20)14(10)16/h2-5,7,13,21H,6H2,1H3. The summed E-state index contributed by atoms with van der Waals surface area (Å²) < 4.78 is 39.9. The first-order chi connectivity index (χ1) is 9.93. The second-order valence-corrected chi connectivity index (χ2v) is 5.75. The van der Waals surface area contributed by atoms with Crippen molar-refractivity contribution in [3.05, 3.63) is 68.4 Å². The Morgan fingerprint density at radius 1 is 1.19 bits per heavy atom. The van der Waals surface area contributed by atoms with Crippen LogP contribution in [0.15, 0.2) is 34.8 Å². The SMILES string of the molecule is CNC(Cc1ccc(F)cc1Cl)c1ccc(F)c(F)c1Br. The first kappa shape index (κ1) is 16.3. The highest BCUT2D eigenvalue weighted by molar-refractivity contribution is 9.10. The Bertz CT molecular complexity index is 664. The van der Waals surface area contributed by atoms with Gasteiger partial charge in [0.1, 0.15) is 5.82 Å². The predicted octanol–water partition coefficient (Wildman–Crippen LogP) is 5.02. The maximum atomic E-state index is 13.6. The summed E-state index contributed by atoms with van der Waals surface area (Å²) >= 11 is 9.07. The van der Waals surface area contributed by atoms with E-state index in [1.165, 1.54) is 18.2 Å². The van der Waals surface area contributed by atoms with Crippen molar-refractivity contribution >= 4 is 27.5 Å². The van der Waals surface area contributed by atoms with Crippen LogP contribution < -0.4 is 5.32 Å². The minimum atomic E-state index is -0.932. The zero-order chi connectivity index (χ0) is 15.6. The van der Waals surface area contributed by atoms with E-state index in [1.807, 2.05) is 0 Å². The van der Waals surface area contributed by atoms with Gasteiger partial charge >= 0.3 is 0 Å². The molecule has 21 heavy (non-hydrogen) atoms. The predicted molar refractivity (Wildman–Crippen MR) is 81.0 cm³/mol. The molecule has 0 aliphatic rings. The summed E-state index contributed by atoms with van der Waals surface area (Å²) in [5.41, 5.74) is 1.28. The van der Waals surface area contributed by atoms with Crippen molar-refractivity contribution in [1.82, 2.24) is 5.32 Å². The number of likely N-dealkylation sites (N-methyl/N-ethyl adjacent to an activating group) is 1. The molecule has 0 amide bonds. The number of hydrogen-bond donors (Lipinski definition) is 1. The highest BCUT2D eigenvalue weighted by Crippen LogP contribution is 2.31. The largest absolute Gasteiger partial charge is 0.313 e. The number of rotatable bonds is 4. The van der Waals surface area contributed by atoms with Gasteiger partial charge in [0.2, 0.25) is 0 Å². The summed E-state index contributed by atoms with van der Waals surface area (Å²) in [6.07, 6.45) is 0.416. The van der Waals surface area contributed by atoms with E-state index in [4.69, 9.17) is 11.6 Å². The first-order valence-corrected chi connectivity index (χ1v) is 7.35. The molecular weight excluding hydrogens is 367 g/mol. The van der Waals surface area contributed by atoms with Crippen molar-refractivity contribution in [1.29, 1.82) is 0 Å².